The third-order valence-electron chi connectivity index (χ3n) is 2.93. The molecule has 19 heavy (non-hydrogen) atoms. The number of phenols is 1. The molecule has 1 aromatic heterocycles. The van der Waals surface area contributed by atoms with E-state index in [1.165, 1.54) is 0 Å². The molecule has 2 N–H and O–H groups in total. The van der Waals surface area contributed by atoms with Gasteiger partial charge >= 0.3 is 0 Å². The van der Waals surface area contributed by atoms with Crippen LogP contribution in [0, 0.1) is 6.92 Å². The third kappa shape index (κ3) is 2.40. The number of nitrogens with zero attached hydrogens (tertiary/aromatic N) is 1. The number of phenolic OH excluding ortho intramolecular Hbond substituents is 1. The highest BCUT2D eigenvalue weighted by molar-refractivity contribution is 5.53. The van der Waals surface area contributed by atoms with Crippen molar-refractivity contribution in [3.05, 3.63) is 41.7 Å². The molecule has 1 aliphatic heterocycles. The summed E-state index contributed by atoms with van der Waals surface area (Å²) in [4.78, 5) is 4.11. The van der Waals surface area contributed by atoms with Gasteiger partial charge in [-0.25, -0.2) is 0 Å². The molecule has 0 fully saturated rings. The Morgan fingerprint density at radius 3 is 2.79 bits per heavy atom. The van der Waals surface area contributed by atoms with Crippen molar-refractivity contribution in [3.63, 3.8) is 0 Å². The quantitative estimate of drug-likeness (QED) is 0.885. The number of aryl methyl sites for hydroxylation is 1. The van der Waals surface area contributed by atoms with Gasteiger partial charge in [0.2, 0.25) is 6.79 Å². The van der Waals surface area contributed by atoms with E-state index >= 15 is 0 Å². The van der Waals surface area contributed by atoms with Crippen LogP contribution in [0.3, 0.4) is 0 Å². The van der Waals surface area contributed by atoms with Crippen LogP contribution in [0.15, 0.2) is 30.6 Å². The Bertz CT molecular complexity index is 614. The van der Waals surface area contributed by atoms with Gasteiger partial charge in [0.25, 0.3) is 0 Å². The predicted molar refractivity (Wildman–Crippen MR) is 70.5 cm³/mol. The van der Waals surface area contributed by atoms with E-state index in [4.69, 9.17) is 9.47 Å². The molecule has 5 heteroatoms. The van der Waals surface area contributed by atoms with Crippen LogP contribution in [0.2, 0.25) is 0 Å². The highest BCUT2D eigenvalue weighted by atomic mass is 16.7. The lowest BCUT2D eigenvalue weighted by atomic mass is 10.1. The van der Waals surface area contributed by atoms with E-state index in [-0.39, 0.29) is 12.5 Å². The Kier molecular flexibility index (Phi) is 2.87. The van der Waals surface area contributed by atoms with Crippen LogP contribution in [0.4, 0.5) is 5.69 Å². The molecule has 1 aliphatic rings. The number of ether oxygens (including phenoxy) is 2. The van der Waals surface area contributed by atoms with Crippen LogP contribution in [-0.2, 0) is 6.54 Å². The van der Waals surface area contributed by atoms with Gasteiger partial charge in [-0.05, 0) is 24.6 Å². The number of rotatable bonds is 3. The number of hydrogen-bond acceptors (Lipinski definition) is 5. The highest BCUT2D eigenvalue weighted by Gasteiger charge is 2.16. The molecule has 0 saturated heterocycles. The molecular formula is C14H14N2O3. The van der Waals surface area contributed by atoms with E-state index in [9.17, 15) is 5.11 Å². The lowest BCUT2D eigenvalue weighted by Crippen LogP contribution is -2.00. The first-order chi connectivity index (χ1) is 9.22. The molecule has 0 amide bonds. The predicted octanol–water partition coefficient (Wildman–Crippen LogP) is 2.44. The number of benzene rings is 1. The third-order valence-corrected chi connectivity index (χ3v) is 2.93. The summed E-state index contributed by atoms with van der Waals surface area (Å²) in [7, 11) is 0. The number of aromatic hydroxyl groups is 1. The normalized spacial score (nSPS) is 12.5. The fourth-order valence-corrected chi connectivity index (χ4v) is 1.96. The minimum Gasteiger partial charge on any atom is -0.507 e. The molecule has 5 nitrogen and oxygen atoms in total. The molecule has 2 heterocycles. The van der Waals surface area contributed by atoms with Crippen LogP contribution in [-0.4, -0.2) is 16.9 Å². The largest absolute Gasteiger partial charge is 0.507 e. The van der Waals surface area contributed by atoms with Crippen molar-refractivity contribution in [1.29, 1.82) is 0 Å². The van der Waals surface area contributed by atoms with Crippen LogP contribution in [0.1, 0.15) is 11.1 Å². The van der Waals surface area contributed by atoms with Crippen LogP contribution in [0.25, 0.3) is 0 Å². The Morgan fingerprint density at radius 2 is 2.00 bits per heavy atom. The monoisotopic (exact) mass is 258 g/mol. The van der Waals surface area contributed by atoms with Gasteiger partial charge in [0.15, 0.2) is 11.5 Å². The van der Waals surface area contributed by atoms with Crippen molar-refractivity contribution in [1.82, 2.24) is 4.98 Å². The van der Waals surface area contributed by atoms with Gasteiger partial charge in [0.05, 0.1) is 5.69 Å². The average molecular weight is 258 g/mol. The Morgan fingerprint density at radius 1 is 1.21 bits per heavy atom. The van der Waals surface area contributed by atoms with Crippen LogP contribution >= 0.6 is 0 Å². The molecule has 0 aliphatic carbocycles. The Hall–Kier alpha value is -2.43. The number of hydrogen-bond donors (Lipinski definition) is 2. The van der Waals surface area contributed by atoms with Crippen LogP contribution in [0.5, 0.6) is 17.2 Å². The molecule has 0 bridgehead atoms. The molecule has 98 valence electrons. The summed E-state index contributed by atoms with van der Waals surface area (Å²) in [5.41, 5.74) is 2.75. The number of nitrogens with one attached hydrogen (secondary N) is 1. The maximum absolute atomic E-state index is 9.92. The lowest BCUT2D eigenvalue weighted by Gasteiger charge is -2.09. The highest BCUT2D eigenvalue weighted by Crippen LogP contribution is 2.37. The van der Waals surface area contributed by atoms with Crippen molar-refractivity contribution in [2.24, 2.45) is 0 Å². The first-order valence-electron chi connectivity index (χ1n) is 5.99. The molecule has 2 aromatic rings. The zero-order valence-electron chi connectivity index (χ0n) is 10.5. The maximum Gasteiger partial charge on any atom is 0.231 e. The van der Waals surface area contributed by atoms with E-state index in [0.717, 1.165) is 16.8 Å². The zero-order valence-corrected chi connectivity index (χ0v) is 10.5. The molecule has 0 spiro atoms. The van der Waals surface area contributed by atoms with E-state index in [0.29, 0.717) is 18.0 Å². The van der Waals surface area contributed by atoms with Crippen molar-refractivity contribution >= 4 is 5.69 Å². The zero-order chi connectivity index (χ0) is 13.2. The molecule has 0 radical (unpaired) electrons. The Labute approximate surface area is 110 Å². The summed E-state index contributed by atoms with van der Waals surface area (Å²) in [6.07, 6.45) is 3.54. The second kappa shape index (κ2) is 4.68. The summed E-state index contributed by atoms with van der Waals surface area (Å²) in [6, 6.07) is 5.36. The van der Waals surface area contributed by atoms with Crippen LogP contribution < -0.4 is 14.8 Å². The fourth-order valence-electron chi connectivity index (χ4n) is 1.96. The van der Waals surface area contributed by atoms with Crippen molar-refractivity contribution < 1.29 is 14.6 Å². The first-order valence-corrected chi connectivity index (χ1v) is 5.99. The molecule has 0 saturated carbocycles. The second-order valence-electron chi connectivity index (χ2n) is 4.44. The van der Waals surface area contributed by atoms with Crippen molar-refractivity contribution in [2.75, 3.05) is 12.1 Å². The van der Waals surface area contributed by atoms with Gasteiger partial charge in [0, 0.05) is 30.6 Å². The fraction of sp³-hybridized carbons (Fsp3) is 0.214. The molecule has 0 unspecified atom stereocenters. The van der Waals surface area contributed by atoms with E-state index in [2.05, 4.69) is 10.3 Å². The number of fused-ring (bicyclic) bond motifs is 1. The lowest BCUT2D eigenvalue weighted by molar-refractivity contribution is 0.174. The topological polar surface area (TPSA) is 63.6 Å². The van der Waals surface area contributed by atoms with Gasteiger partial charge in [-0.2, -0.15) is 0 Å². The van der Waals surface area contributed by atoms with E-state index in [1.807, 2.05) is 13.0 Å². The molecule has 0 atom stereocenters. The SMILES string of the molecule is Cc1cncc(NCc2cc3c(cc2O)OCO3)c1. The van der Waals surface area contributed by atoms with Gasteiger partial charge in [0.1, 0.15) is 5.75 Å². The first kappa shape index (κ1) is 11.6. The van der Waals surface area contributed by atoms with Crippen molar-refractivity contribution in [3.8, 4) is 17.2 Å². The van der Waals surface area contributed by atoms with Gasteiger partial charge in [-0.15, -0.1) is 0 Å². The van der Waals surface area contributed by atoms with Gasteiger partial charge < -0.3 is 19.9 Å². The molecular weight excluding hydrogens is 244 g/mol. The summed E-state index contributed by atoms with van der Waals surface area (Å²) < 4.78 is 10.5. The summed E-state index contributed by atoms with van der Waals surface area (Å²) >= 11 is 0. The molecule has 3 rings (SSSR count). The summed E-state index contributed by atoms with van der Waals surface area (Å²) in [5.74, 6) is 1.44. The number of aromatic nitrogens is 1. The average Bonchev–Trinajstić information content (AvgIpc) is 2.83. The summed E-state index contributed by atoms with van der Waals surface area (Å²) in [6.45, 7) is 2.68. The summed E-state index contributed by atoms with van der Waals surface area (Å²) in [5, 5.41) is 13.1. The number of pyridine rings is 1. The minimum absolute atomic E-state index is 0.192. The second-order valence-corrected chi connectivity index (χ2v) is 4.44. The number of anilines is 1. The van der Waals surface area contributed by atoms with E-state index < -0.39 is 0 Å². The van der Waals surface area contributed by atoms with Gasteiger partial charge in [-0.1, -0.05) is 0 Å². The Balaban J connectivity index is 1.77. The van der Waals surface area contributed by atoms with Crippen molar-refractivity contribution in [2.45, 2.75) is 13.5 Å². The maximum atomic E-state index is 9.92. The van der Waals surface area contributed by atoms with E-state index in [1.54, 1.807) is 24.5 Å². The smallest absolute Gasteiger partial charge is 0.231 e. The minimum atomic E-state index is 0.192. The standard InChI is InChI=1S/C14H14N2O3/c1-9-2-11(7-15-5-9)16-6-10-3-13-14(4-12(10)17)19-8-18-13/h2-5,7,16-17H,6,8H2,1H3. The van der Waals surface area contributed by atoms with Gasteiger partial charge in [-0.3, -0.25) is 4.98 Å². The molecule has 1 aromatic carbocycles.